The van der Waals surface area contributed by atoms with Crippen molar-refractivity contribution in [2.24, 2.45) is 5.73 Å². The van der Waals surface area contributed by atoms with Crippen LogP contribution >= 0.6 is 11.8 Å². The summed E-state index contributed by atoms with van der Waals surface area (Å²) in [5.41, 5.74) is 7.86. The topological polar surface area (TPSA) is 35.2 Å². The van der Waals surface area contributed by atoms with Crippen LogP contribution in [0.5, 0.6) is 0 Å². The van der Waals surface area contributed by atoms with Gasteiger partial charge in [-0.15, -0.1) is 11.8 Å². The molecule has 1 saturated heterocycles. The molecule has 2 nitrogen and oxygen atoms in total. The van der Waals surface area contributed by atoms with Crippen LogP contribution in [0.3, 0.4) is 0 Å². The van der Waals surface area contributed by atoms with Crippen LogP contribution in [0.15, 0.2) is 29.2 Å². The Labute approximate surface area is 113 Å². The third kappa shape index (κ3) is 2.58. The van der Waals surface area contributed by atoms with Crippen LogP contribution in [-0.2, 0) is 4.74 Å². The van der Waals surface area contributed by atoms with Gasteiger partial charge in [0.2, 0.25) is 0 Å². The van der Waals surface area contributed by atoms with Gasteiger partial charge in [-0.3, -0.25) is 0 Å². The van der Waals surface area contributed by atoms with E-state index in [-0.39, 0.29) is 6.04 Å². The van der Waals surface area contributed by atoms with Crippen molar-refractivity contribution in [3.63, 3.8) is 0 Å². The maximum absolute atomic E-state index is 6.40. The van der Waals surface area contributed by atoms with Crippen LogP contribution in [0.1, 0.15) is 37.2 Å². The van der Waals surface area contributed by atoms with Gasteiger partial charge in [0.15, 0.2) is 0 Å². The molecule has 0 aromatic heterocycles. The highest BCUT2D eigenvalue weighted by molar-refractivity contribution is 7.99. The predicted octanol–water partition coefficient (Wildman–Crippen LogP) is 3.16. The van der Waals surface area contributed by atoms with Crippen molar-refractivity contribution in [3.05, 3.63) is 29.8 Å². The Morgan fingerprint density at radius 2 is 2.28 bits per heavy atom. The van der Waals surface area contributed by atoms with Crippen molar-refractivity contribution >= 4 is 11.8 Å². The fraction of sp³-hybridized carbons (Fsp3) is 0.600. The normalized spacial score (nSPS) is 28.3. The van der Waals surface area contributed by atoms with Crippen molar-refractivity contribution in [1.82, 2.24) is 0 Å². The van der Waals surface area contributed by atoms with E-state index in [0.29, 0.717) is 12.0 Å². The maximum Gasteiger partial charge on any atom is 0.0576 e. The van der Waals surface area contributed by atoms with Crippen molar-refractivity contribution in [2.45, 2.75) is 48.6 Å². The second kappa shape index (κ2) is 5.64. The number of benzene rings is 1. The Bertz CT molecular complexity index is 403. The molecule has 18 heavy (non-hydrogen) atoms. The number of ether oxygens (including phenoxy) is 1. The molecule has 0 radical (unpaired) electrons. The summed E-state index contributed by atoms with van der Waals surface area (Å²) >= 11 is 1.95. The SMILES string of the molecule is NC(CCC1CCCO1)C1CSc2ccccc21. The van der Waals surface area contributed by atoms with E-state index in [9.17, 15) is 0 Å². The van der Waals surface area contributed by atoms with Crippen molar-refractivity contribution in [2.75, 3.05) is 12.4 Å². The molecule has 0 amide bonds. The number of hydrogen-bond donors (Lipinski definition) is 1. The van der Waals surface area contributed by atoms with Gasteiger partial charge in [0.25, 0.3) is 0 Å². The molecule has 3 rings (SSSR count). The highest BCUT2D eigenvalue weighted by atomic mass is 32.2. The first kappa shape index (κ1) is 12.5. The van der Waals surface area contributed by atoms with E-state index in [0.717, 1.165) is 25.2 Å². The highest BCUT2D eigenvalue weighted by Gasteiger charge is 2.28. The van der Waals surface area contributed by atoms with Gasteiger partial charge >= 0.3 is 0 Å². The summed E-state index contributed by atoms with van der Waals surface area (Å²) in [5.74, 6) is 1.68. The van der Waals surface area contributed by atoms with Crippen molar-refractivity contribution in [1.29, 1.82) is 0 Å². The number of thioether (sulfide) groups is 1. The first-order valence-electron chi connectivity index (χ1n) is 6.93. The molecular weight excluding hydrogens is 242 g/mol. The Hall–Kier alpha value is -0.510. The van der Waals surface area contributed by atoms with Gasteiger partial charge in [0.1, 0.15) is 0 Å². The van der Waals surface area contributed by atoms with Gasteiger partial charge in [-0.2, -0.15) is 0 Å². The van der Waals surface area contributed by atoms with E-state index < -0.39 is 0 Å². The second-order valence-corrected chi connectivity index (χ2v) is 6.39. The zero-order valence-corrected chi connectivity index (χ0v) is 11.5. The molecule has 1 aromatic carbocycles. The van der Waals surface area contributed by atoms with Gasteiger partial charge < -0.3 is 10.5 Å². The van der Waals surface area contributed by atoms with Crippen LogP contribution in [0.2, 0.25) is 0 Å². The van der Waals surface area contributed by atoms with E-state index in [1.54, 1.807) is 0 Å². The Kier molecular flexibility index (Phi) is 3.92. The summed E-state index contributed by atoms with van der Waals surface area (Å²) in [4.78, 5) is 1.43. The lowest BCUT2D eigenvalue weighted by Gasteiger charge is -2.21. The Morgan fingerprint density at radius 3 is 3.11 bits per heavy atom. The van der Waals surface area contributed by atoms with Crippen LogP contribution < -0.4 is 5.73 Å². The molecule has 0 aliphatic carbocycles. The minimum absolute atomic E-state index is 0.283. The minimum atomic E-state index is 0.283. The summed E-state index contributed by atoms with van der Waals surface area (Å²) in [6.45, 7) is 0.946. The molecule has 98 valence electrons. The van der Waals surface area contributed by atoms with E-state index in [4.69, 9.17) is 10.5 Å². The maximum atomic E-state index is 6.40. The molecular formula is C15H21NOS. The second-order valence-electron chi connectivity index (χ2n) is 5.33. The summed E-state index contributed by atoms with van der Waals surface area (Å²) in [7, 11) is 0. The van der Waals surface area contributed by atoms with Gasteiger partial charge in [-0.05, 0) is 37.3 Å². The predicted molar refractivity (Wildman–Crippen MR) is 76.1 cm³/mol. The Morgan fingerprint density at radius 1 is 1.39 bits per heavy atom. The highest BCUT2D eigenvalue weighted by Crippen LogP contribution is 2.41. The van der Waals surface area contributed by atoms with E-state index >= 15 is 0 Å². The van der Waals surface area contributed by atoms with Gasteiger partial charge in [0, 0.05) is 29.2 Å². The molecule has 0 spiro atoms. The Balaban J connectivity index is 1.58. The summed E-state index contributed by atoms with van der Waals surface area (Å²) in [6.07, 6.45) is 5.14. The van der Waals surface area contributed by atoms with Crippen molar-refractivity contribution in [3.8, 4) is 0 Å². The standard InChI is InChI=1S/C15H21NOS/c16-14(8-7-11-4-3-9-17-11)13-10-18-15-6-2-1-5-12(13)15/h1-2,5-6,11,13-14H,3-4,7-10,16H2. The quantitative estimate of drug-likeness (QED) is 0.906. The fourth-order valence-corrected chi connectivity index (χ4v) is 4.34. The van der Waals surface area contributed by atoms with Crippen LogP contribution in [0.4, 0.5) is 0 Å². The van der Waals surface area contributed by atoms with E-state index in [2.05, 4.69) is 24.3 Å². The van der Waals surface area contributed by atoms with Crippen molar-refractivity contribution < 1.29 is 4.74 Å². The zero-order chi connectivity index (χ0) is 12.4. The van der Waals surface area contributed by atoms with E-state index in [1.165, 1.54) is 23.3 Å². The largest absolute Gasteiger partial charge is 0.378 e. The van der Waals surface area contributed by atoms with E-state index in [1.807, 2.05) is 11.8 Å². The average Bonchev–Trinajstić information content (AvgIpc) is 3.05. The molecule has 2 aliphatic rings. The fourth-order valence-electron chi connectivity index (χ4n) is 2.99. The molecule has 2 aliphatic heterocycles. The zero-order valence-electron chi connectivity index (χ0n) is 10.7. The molecule has 1 fully saturated rings. The molecule has 3 unspecified atom stereocenters. The van der Waals surface area contributed by atoms with Crippen LogP contribution in [0, 0.1) is 0 Å². The molecule has 3 heteroatoms. The molecule has 0 bridgehead atoms. The summed E-state index contributed by atoms with van der Waals surface area (Å²) < 4.78 is 5.67. The smallest absolute Gasteiger partial charge is 0.0576 e. The first-order valence-corrected chi connectivity index (χ1v) is 7.92. The molecule has 0 saturated carbocycles. The molecule has 1 aromatic rings. The number of fused-ring (bicyclic) bond motifs is 1. The molecule has 2 heterocycles. The van der Waals surface area contributed by atoms with Gasteiger partial charge in [0.05, 0.1) is 6.10 Å². The third-order valence-electron chi connectivity index (χ3n) is 4.10. The average molecular weight is 263 g/mol. The lowest BCUT2D eigenvalue weighted by atomic mass is 9.90. The first-order chi connectivity index (χ1) is 8.84. The minimum Gasteiger partial charge on any atom is -0.378 e. The van der Waals surface area contributed by atoms with Gasteiger partial charge in [-0.25, -0.2) is 0 Å². The number of rotatable bonds is 4. The molecule has 2 N–H and O–H groups in total. The number of nitrogens with two attached hydrogens (primary N) is 1. The number of hydrogen-bond acceptors (Lipinski definition) is 3. The lowest BCUT2D eigenvalue weighted by Crippen LogP contribution is -2.29. The van der Waals surface area contributed by atoms with Crippen LogP contribution in [0.25, 0.3) is 0 Å². The summed E-state index contributed by atoms with van der Waals surface area (Å²) in [5, 5.41) is 0. The summed E-state index contributed by atoms with van der Waals surface area (Å²) in [6, 6.07) is 8.99. The lowest BCUT2D eigenvalue weighted by molar-refractivity contribution is 0.100. The van der Waals surface area contributed by atoms with Crippen LogP contribution in [-0.4, -0.2) is 24.5 Å². The third-order valence-corrected chi connectivity index (χ3v) is 5.31. The van der Waals surface area contributed by atoms with Gasteiger partial charge in [-0.1, -0.05) is 18.2 Å². The monoisotopic (exact) mass is 263 g/mol. The molecule has 3 atom stereocenters.